The van der Waals surface area contributed by atoms with Crippen molar-refractivity contribution in [3.8, 4) is 0 Å². The van der Waals surface area contributed by atoms with E-state index in [2.05, 4.69) is 16.0 Å². The van der Waals surface area contributed by atoms with Crippen LogP contribution < -0.4 is 16.0 Å². The summed E-state index contributed by atoms with van der Waals surface area (Å²) in [6.45, 7) is 4.23. The van der Waals surface area contributed by atoms with Crippen molar-refractivity contribution in [3.63, 3.8) is 0 Å². The molecule has 2 aliphatic rings. The van der Waals surface area contributed by atoms with E-state index < -0.39 is 18.0 Å². The summed E-state index contributed by atoms with van der Waals surface area (Å²) in [7, 11) is 1.91. The third kappa shape index (κ3) is 9.27. The van der Waals surface area contributed by atoms with E-state index in [1.54, 1.807) is 19.1 Å². The van der Waals surface area contributed by atoms with Crippen molar-refractivity contribution < 1.29 is 23.5 Å². The Hall–Kier alpha value is -2.10. The molecule has 1 unspecified atom stereocenters. The van der Waals surface area contributed by atoms with Crippen LogP contribution in [0.25, 0.3) is 0 Å². The number of carbonyl (C=O) groups excluding carboxylic acids is 2. The summed E-state index contributed by atoms with van der Waals surface area (Å²) in [4.78, 5) is 26.8. The van der Waals surface area contributed by atoms with Gasteiger partial charge in [0.25, 0.3) is 0 Å². The number of amides is 3. The molecule has 8 nitrogen and oxygen atoms in total. The molecule has 3 atom stereocenters. The van der Waals surface area contributed by atoms with Crippen molar-refractivity contribution in [3.05, 3.63) is 34.6 Å². The van der Waals surface area contributed by atoms with Gasteiger partial charge in [-0.15, -0.1) is 0 Å². The Labute approximate surface area is 231 Å². The third-order valence-corrected chi connectivity index (χ3v) is 7.82. The molecule has 1 aliphatic carbocycles. The Kier molecular flexibility index (Phi) is 12.9. The summed E-state index contributed by atoms with van der Waals surface area (Å²) >= 11 is 6.10. The monoisotopic (exact) mass is 554 g/mol. The molecular weight excluding hydrogens is 511 g/mol. The number of halogens is 2. The Balaban J connectivity index is 1.65. The average molecular weight is 555 g/mol. The van der Waals surface area contributed by atoms with Gasteiger partial charge >= 0.3 is 12.1 Å². The van der Waals surface area contributed by atoms with Crippen LogP contribution in [0.5, 0.6) is 0 Å². The largest absolute Gasteiger partial charge is 0.450 e. The fourth-order valence-corrected chi connectivity index (χ4v) is 5.90. The van der Waals surface area contributed by atoms with Gasteiger partial charge in [0.05, 0.1) is 24.3 Å². The predicted molar refractivity (Wildman–Crippen MR) is 147 cm³/mol. The van der Waals surface area contributed by atoms with Gasteiger partial charge in [-0.25, -0.2) is 14.0 Å². The van der Waals surface area contributed by atoms with E-state index >= 15 is 4.39 Å². The molecule has 1 saturated carbocycles. The van der Waals surface area contributed by atoms with Gasteiger partial charge < -0.3 is 30.3 Å². The molecule has 38 heavy (non-hydrogen) atoms. The van der Waals surface area contributed by atoms with Crippen LogP contribution in [0.2, 0.25) is 5.02 Å². The molecule has 3 rings (SSSR count). The molecule has 0 bridgehead atoms. The fourth-order valence-electron chi connectivity index (χ4n) is 5.71. The van der Waals surface area contributed by atoms with Gasteiger partial charge in [0, 0.05) is 43.7 Å². The van der Waals surface area contributed by atoms with E-state index in [0.717, 1.165) is 25.8 Å². The minimum Gasteiger partial charge on any atom is -0.450 e. The first-order valence-corrected chi connectivity index (χ1v) is 14.5. The Morgan fingerprint density at radius 2 is 1.97 bits per heavy atom. The highest BCUT2D eigenvalue weighted by Crippen LogP contribution is 2.36. The first-order valence-electron chi connectivity index (χ1n) is 14.1. The molecule has 3 N–H and O–H groups in total. The number of ether oxygens (including phenoxy) is 2. The number of urea groups is 1. The third-order valence-electron chi connectivity index (χ3n) is 7.53. The number of rotatable bonds is 12. The van der Waals surface area contributed by atoms with Gasteiger partial charge in [-0.3, -0.25) is 0 Å². The number of nitrogens with zero attached hydrogens (tertiary/aromatic N) is 1. The number of piperidine rings is 1. The first-order chi connectivity index (χ1) is 18.4. The lowest BCUT2D eigenvalue weighted by molar-refractivity contribution is -0.0107. The van der Waals surface area contributed by atoms with Crippen molar-refractivity contribution in [1.82, 2.24) is 20.9 Å². The van der Waals surface area contributed by atoms with E-state index in [-0.39, 0.29) is 42.8 Å². The van der Waals surface area contributed by atoms with Gasteiger partial charge in [0.1, 0.15) is 5.82 Å². The van der Waals surface area contributed by atoms with Crippen LogP contribution in [0.1, 0.15) is 70.0 Å². The molecule has 0 aromatic heterocycles. The predicted octanol–water partition coefficient (Wildman–Crippen LogP) is 5.26. The molecule has 1 aromatic carbocycles. The van der Waals surface area contributed by atoms with Gasteiger partial charge in [-0.2, -0.15) is 0 Å². The lowest BCUT2D eigenvalue weighted by Gasteiger charge is -2.38. The van der Waals surface area contributed by atoms with Crippen LogP contribution in [-0.2, 0) is 9.47 Å². The molecule has 1 aromatic rings. The van der Waals surface area contributed by atoms with Crippen molar-refractivity contribution in [2.24, 2.45) is 11.8 Å². The summed E-state index contributed by atoms with van der Waals surface area (Å²) < 4.78 is 26.1. The van der Waals surface area contributed by atoms with Gasteiger partial charge in [-0.05, 0) is 45.2 Å². The number of hydrogen-bond acceptors (Lipinski definition) is 5. The minimum absolute atomic E-state index is 0.0313. The van der Waals surface area contributed by atoms with Gasteiger partial charge in [0.2, 0.25) is 0 Å². The number of nitrogens with one attached hydrogen (secondary N) is 3. The standard InChI is InChI=1S/C28H44ClFN4O4/c1-3-37-28(36)32-14-16-38-26(23-12-7-13-24(29)25(23)30)21-11-8-15-34(19-21)27(35)33-22(18-31-2)17-20-9-5-4-6-10-20/h7,12-13,20-22,26,31H,3-6,8-11,14-19H2,1-2H3,(H,32,36)(H,33,35)/t21-,22?,26-/m1/s1. The van der Waals surface area contributed by atoms with Gasteiger partial charge in [-0.1, -0.05) is 55.8 Å². The van der Waals surface area contributed by atoms with E-state index in [1.807, 2.05) is 11.9 Å². The summed E-state index contributed by atoms with van der Waals surface area (Å²) in [5.41, 5.74) is 0.367. The lowest BCUT2D eigenvalue weighted by atomic mass is 9.85. The number of carbonyl (C=O) groups is 2. The van der Waals surface area contributed by atoms with E-state index in [9.17, 15) is 9.59 Å². The van der Waals surface area contributed by atoms with Gasteiger partial charge in [0.15, 0.2) is 0 Å². The number of benzene rings is 1. The molecule has 214 valence electrons. The second kappa shape index (κ2) is 16.1. The summed E-state index contributed by atoms with van der Waals surface area (Å²) in [6.07, 6.45) is 7.75. The highest BCUT2D eigenvalue weighted by molar-refractivity contribution is 6.30. The maximum Gasteiger partial charge on any atom is 0.407 e. The summed E-state index contributed by atoms with van der Waals surface area (Å²) in [6, 6.07) is 4.88. The quantitative estimate of drug-likeness (QED) is 0.306. The van der Waals surface area contributed by atoms with Crippen LogP contribution in [-0.4, -0.2) is 69.5 Å². The molecule has 1 saturated heterocycles. The number of alkyl carbamates (subject to hydrolysis) is 1. The molecule has 2 fully saturated rings. The molecule has 3 amide bonds. The Morgan fingerprint density at radius 1 is 1.18 bits per heavy atom. The zero-order chi connectivity index (χ0) is 27.3. The zero-order valence-electron chi connectivity index (χ0n) is 22.8. The Morgan fingerprint density at radius 3 is 2.71 bits per heavy atom. The summed E-state index contributed by atoms with van der Waals surface area (Å²) in [5, 5.41) is 9.14. The van der Waals surface area contributed by atoms with Crippen molar-refractivity contribution in [2.45, 2.75) is 70.4 Å². The SMILES string of the molecule is CCOC(=O)NCCO[C@@H](c1cccc(Cl)c1F)[C@@H]1CCCN(C(=O)NC(CNC)CC2CCCCC2)C1. The lowest BCUT2D eigenvalue weighted by Crippen LogP contribution is -2.52. The highest BCUT2D eigenvalue weighted by Gasteiger charge is 2.33. The van der Waals surface area contributed by atoms with E-state index in [1.165, 1.54) is 38.2 Å². The number of likely N-dealkylation sites (tertiary alicyclic amines) is 1. The maximum atomic E-state index is 15.1. The van der Waals surface area contributed by atoms with E-state index in [0.29, 0.717) is 24.6 Å². The van der Waals surface area contributed by atoms with Crippen molar-refractivity contribution in [2.75, 3.05) is 46.4 Å². The highest BCUT2D eigenvalue weighted by atomic mass is 35.5. The second-order valence-electron chi connectivity index (χ2n) is 10.4. The topological polar surface area (TPSA) is 91.9 Å². The van der Waals surface area contributed by atoms with Crippen LogP contribution in [0, 0.1) is 17.7 Å². The van der Waals surface area contributed by atoms with Crippen molar-refractivity contribution in [1.29, 1.82) is 0 Å². The molecular formula is C28H44ClFN4O4. The molecule has 1 heterocycles. The molecule has 10 heteroatoms. The van der Waals surface area contributed by atoms with Crippen LogP contribution >= 0.6 is 11.6 Å². The van der Waals surface area contributed by atoms with Crippen LogP contribution in [0.4, 0.5) is 14.0 Å². The van der Waals surface area contributed by atoms with Crippen LogP contribution in [0.3, 0.4) is 0 Å². The summed E-state index contributed by atoms with van der Waals surface area (Å²) in [5.74, 6) is 0.0233. The normalized spacial score (nSPS) is 20.0. The molecule has 1 aliphatic heterocycles. The van der Waals surface area contributed by atoms with Crippen molar-refractivity contribution >= 4 is 23.7 Å². The molecule has 0 spiro atoms. The number of likely N-dealkylation sites (N-methyl/N-ethyl adjacent to an activating group) is 1. The number of hydrogen-bond donors (Lipinski definition) is 3. The van der Waals surface area contributed by atoms with E-state index in [4.69, 9.17) is 21.1 Å². The second-order valence-corrected chi connectivity index (χ2v) is 10.8. The first kappa shape index (κ1) is 30.4. The average Bonchev–Trinajstić information content (AvgIpc) is 2.91. The minimum atomic E-state index is -0.608. The maximum absolute atomic E-state index is 15.1. The molecule has 0 radical (unpaired) electrons. The smallest absolute Gasteiger partial charge is 0.407 e. The van der Waals surface area contributed by atoms with Crippen LogP contribution in [0.15, 0.2) is 18.2 Å². The Bertz CT molecular complexity index is 886. The fraction of sp³-hybridized carbons (Fsp3) is 0.714. The zero-order valence-corrected chi connectivity index (χ0v) is 23.5.